The van der Waals surface area contributed by atoms with E-state index in [4.69, 9.17) is 5.84 Å². The van der Waals surface area contributed by atoms with E-state index in [-0.39, 0.29) is 6.04 Å². The second-order valence-electron chi connectivity index (χ2n) is 5.16. The van der Waals surface area contributed by atoms with E-state index < -0.39 is 0 Å². The second kappa shape index (κ2) is 6.85. The minimum Gasteiger partial charge on any atom is -0.271 e. The van der Waals surface area contributed by atoms with Crippen LogP contribution in [0.25, 0.3) is 0 Å². The molecule has 3 heteroatoms. The standard InChI is InChI=1S/C16H22N2S/c1-12(2)13-5-7-14(8-6-13)16(18-17)10-9-15-4-3-11-19-15/h3-8,11-12,16,18H,9-10,17H2,1-2H3. The van der Waals surface area contributed by atoms with Crippen LogP contribution in [0.4, 0.5) is 0 Å². The highest BCUT2D eigenvalue weighted by Gasteiger charge is 2.10. The lowest BCUT2D eigenvalue weighted by molar-refractivity contribution is 0.518. The van der Waals surface area contributed by atoms with Crippen molar-refractivity contribution in [1.29, 1.82) is 0 Å². The molecule has 1 unspecified atom stereocenters. The van der Waals surface area contributed by atoms with Crippen molar-refractivity contribution in [3.8, 4) is 0 Å². The number of benzene rings is 1. The summed E-state index contributed by atoms with van der Waals surface area (Å²) in [5.74, 6) is 6.27. The third-order valence-corrected chi connectivity index (χ3v) is 4.40. The van der Waals surface area contributed by atoms with E-state index in [1.54, 1.807) is 0 Å². The Kier molecular flexibility index (Phi) is 5.14. The number of rotatable bonds is 6. The van der Waals surface area contributed by atoms with Crippen LogP contribution in [-0.2, 0) is 6.42 Å². The van der Waals surface area contributed by atoms with Gasteiger partial charge in [0, 0.05) is 10.9 Å². The number of thiophene rings is 1. The van der Waals surface area contributed by atoms with Gasteiger partial charge < -0.3 is 0 Å². The summed E-state index contributed by atoms with van der Waals surface area (Å²) in [7, 11) is 0. The van der Waals surface area contributed by atoms with Crippen LogP contribution in [-0.4, -0.2) is 0 Å². The molecule has 0 spiro atoms. The number of hydrazine groups is 1. The minimum atomic E-state index is 0.225. The Bertz CT molecular complexity index is 474. The molecule has 0 amide bonds. The Balaban J connectivity index is 2.00. The molecule has 1 heterocycles. The van der Waals surface area contributed by atoms with Gasteiger partial charge >= 0.3 is 0 Å². The monoisotopic (exact) mass is 274 g/mol. The highest BCUT2D eigenvalue weighted by atomic mass is 32.1. The number of nitrogens with two attached hydrogens (primary N) is 1. The Morgan fingerprint density at radius 3 is 2.32 bits per heavy atom. The van der Waals surface area contributed by atoms with Crippen LogP contribution in [0, 0.1) is 0 Å². The summed E-state index contributed by atoms with van der Waals surface area (Å²) in [6.45, 7) is 4.43. The van der Waals surface area contributed by atoms with Crippen LogP contribution in [0.15, 0.2) is 41.8 Å². The molecule has 2 rings (SSSR count). The first-order valence-electron chi connectivity index (χ1n) is 6.79. The average molecular weight is 274 g/mol. The van der Waals surface area contributed by atoms with E-state index in [9.17, 15) is 0 Å². The molecule has 2 nitrogen and oxygen atoms in total. The van der Waals surface area contributed by atoms with E-state index in [2.05, 4.69) is 61.1 Å². The fourth-order valence-electron chi connectivity index (χ4n) is 2.20. The zero-order chi connectivity index (χ0) is 13.7. The summed E-state index contributed by atoms with van der Waals surface area (Å²) in [6.07, 6.45) is 2.09. The second-order valence-corrected chi connectivity index (χ2v) is 6.19. The van der Waals surface area contributed by atoms with Gasteiger partial charge in [0.15, 0.2) is 0 Å². The van der Waals surface area contributed by atoms with Gasteiger partial charge in [-0.15, -0.1) is 11.3 Å². The first-order valence-corrected chi connectivity index (χ1v) is 7.67. The molecule has 0 aliphatic carbocycles. The van der Waals surface area contributed by atoms with Crippen molar-refractivity contribution in [2.24, 2.45) is 5.84 Å². The van der Waals surface area contributed by atoms with Gasteiger partial charge in [0.25, 0.3) is 0 Å². The lowest BCUT2D eigenvalue weighted by Crippen LogP contribution is -2.28. The van der Waals surface area contributed by atoms with Gasteiger partial charge in [-0.05, 0) is 41.3 Å². The number of aryl methyl sites for hydroxylation is 1. The van der Waals surface area contributed by atoms with Crippen molar-refractivity contribution < 1.29 is 0 Å². The van der Waals surface area contributed by atoms with Crippen LogP contribution in [0.5, 0.6) is 0 Å². The van der Waals surface area contributed by atoms with E-state index in [0.717, 1.165) is 12.8 Å². The summed E-state index contributed by atoms with van der Waals surface area (Å²) >= 11 is 1.81. The number of hydrogen-bond donors (Lipinski definition) is 2. The molecule has 0 aliphatic heterocycles. The lowest BCUT2D eigenvalue weighted by atomic mass is 9.97. The third kappa shape index (κ3) is 3.90. The van der Waals surface area contributed by atoms with Gasteiger partial charge in [0.05, 0.1) is 0 Å². The van der Waals surface area contributed by atoms with Crippen LogP contribution in [0.3, 0.4) is 0 Å². The Hall–Kier alpha value is -1.16. The molecule has 19 heavy (non-hydrogen) atoms. The third-order valence-electron chi connectivity index (χ3n) is 3.47. The van der Waals surface area contributed by atoms with Gasteiger partial charge in [0.1, 0.15) is 0 Å². The zero-order valence-corrected chi connectivity index (χ0v) is 12.4. The van der Waals surface area contributed by atoms with Gasteiger partial charge in [-0.25, -0.2) is 0 Å². The molecule has 0 fully saturated rings. The Labute approximate surface area is 119 Å². The Morgan fingerprint density at radius 2 is 1.79 bits per heavy atom. The molecule has 102 valence electrons. The van der Waals surface area contributed by atoms with Crippen molar-refractivity contribution >= 4 is 11.3 Å². The predicted molar refractivity (Wildman–Crippen MR) is 83.2 cm³/mol. The largest absolute Gasteiger partial charge is 0.271 e. The topological polar surface area (TPSA) is 38.0 Å². The van der Waals surface area contributed by atoms with Gasteiger partial charge in [-0.2, -0.15) is 0 Å². The molecule has 0 radical (unpaired) electrons. The number of hydrogen-bond acceptors (Lipinski definition) is 3. The van der Waals surface area contributed by atoms with Crippen LogP contribution in [0.1, 0.15) is 48.2 Å². The number of nitrogens with one attached hydrogen (secondary N) is 1. The Morgan fingerprint density at radius 1 is 1.11 bits per heavy atom. The summed E-state index contributed by atoms with van der Waals surface area (Å²) in [5, 5.41) is 2.12. The van der Waals surface area contributed by atoms with Crippen molar-refractivity contribution in [3.63, 3.8) is 0 Å². The first-order chi connectivity index (χ1) is 9.20. The molecule has 0 aliphatic rings. The minimum absolute atomic E-state index is 0.225. The molecular formula is C16H22N2S. The van der Waals surface area contributed by atoms with Crippen LogP contribution >= 0.6 is 11.3 Å². The van der Waals surface area contributed by atoms with Crippen LogP contribution in [0.2, 0.25) is 0 Å². The molecule has 1 atom stereocenters. The summed E-state index contributed by atoms with van der Waals surface area (Å²) in [6, 6.07) is 13.3. The summed E-state index contributed by atoms with van der Waals surface area (Å²) in [4.78, 5) is 1.42. The maximum atomic E-state index is 5.70. The van der Waals surface area contributed by atoms with Gasteiger partial charge in [-0.3, -0.25) is 11.3 Å². The zero-order valence-electron chi connectivity index (χ0n) is 11.6. The highest BCUT2D eigenvalue weighted by Crippen LogP contribution is 2.22. The molecular weight excluding hydrogens is 252 g/mol. The average Bonchev–Trinajstić information content (AvgIpc) is 2.93. The summed E-state index contributed by atoms with van der Waals surface area (Å²) < 4.78 is 0. The first kappa shape index (κ1) is 14.3. The molecule has 0 saturated carbocycles. The maximum absolute atomic E-state index is 5.70. The van der Waals surface area contributed by atoms with Crippen molar-refractivity contribution in [2.45, 2.75) is 38.6 Å². The fraction of sp³-hybridized carbons (Fsp3) is 0.375. The molecule has 1 aromatic heterocycles. The maximum Gasteiger partial charge on any atom is 0.0463 e. The van der Waals surface area contributed by atoms with Crippen LogP contribution < -0.4 is 11.3 Å². The van der Waals surface area contributed by atoms with E-state index in [1.807, 2.05) is 11.3 Å². The van der Waals surface area contributed by atoms with Crippen molar-refractivity contribution in [1.82, 2.24) is 5.43 Å². The molecule has 3 N–H and O–H groups in total. The highest BCUT2D eigenvalue weighted by molar-refractivity contribution is 7.09. The van der Waals surface area contributed by atoms with Gasteiger partial charge in [0.2, 0.25) is 0 Å². The van der Waals surface area contributed by atoms with Crippen molar-refractivity contribution in [2.75, 3.05) is 0 Å². The smallest absolute Gasteiger partial charge is 0.0463 e. The molecule has 0 saturated heterocycles. The van der Waals surface area contributed by atoms with E-state index in [1.165, 1.54) is 16.0 Å². The fourth-order valence-corrected chi connectivity index (χ4v) is 2.93. The van der Waals surface area contributed by atoms with E-state index >= 15 is 0 Å². The predicted octanol–water partition coefficient (Wildman–Crippen LogP) is 4.01. The summed E-state index contributed by atoms with van der Waals surface area (Å²) in [5.41, 5.74) is 5.57. The van der Waals surface area contributed by atoms with Crippen molar-refractivity contribution in [3.05, 3.63) is 57.8 Å². The quantitative estimate of drug-likeness (QED) is 0.617. The lowest BCUT2D eigenvalue weighted by Gasteiger charge is -2.17. The molecule has 0 bridgehead atoms. The molecule has 1 aromatic carbocycles. The molecule has 2 aromatic rings. The SMILES string of the molecule is CC(C)c1ccc(C(CCc2cccs2)NN)cc1. The normalized spacial score (nSPS) is 12.8. The van der Waals surface area contributed by atoms with Gasteiger partial charge in [-0.1, -0.05) is 44.2 Å². The van der Waals surface area contributed by atoms with E-state index in [0.29, 0.717) is 5.92 Å².